The quantitative estimate of drug-likeness (QED) is 0.471. The Bertz CT molecular complexity index is 1200. The van der Waals surface area contributed by atoms with Crippen LogP contribution in [-0.2, 0) is 21.3 Å². The van der Waals surface area contributed by atoms with E-state index in [2.05, 4.69) is 9.62 Å². The molecule has 0 aliphatic carbocycles. The van der Waals surface area contributed by atoms with Gasteiger partial charge in [-0.15, -0.1) is 0 Å². The average molecular weight is 468 g/mol. The molecule has 8 heteroatoms. The van der Waals surface area contributed by atoms with Crippen LogP contribution in [0.1, 0.15) is 33.2 Å². The van der Waals surface area contributed by atoms with Crippen LogP contribution in [0.15, 0.2) is 72.8 Å². The molecule has 0 saturated carbocycles. The molecule has 0 radical (unpaired) electrons. The van der Waals surface area contributed by atoms with Gasteiger partial charge in [0.25, 0.3) is 0 Å². The van der Waals surface area contributed by atoms with E-state index in [4.69, 9.17) is 10.5 Å². The van der Waals surface area contributed by atoms with Crippen LogP contribution < -0.4 is 15.4 Å². The predicted octanol–water partition coefficient (Wildman–Crippen LogP) is 3.86. The Labute approximate surface area is 195 Å². The second-order valence-corrected chi connectivity index (χ2v) is 9.65. The monoisotopic (exact) mass is 467 g/mol. The van der Waals surface area contributed by atoms with Crippen LogP contribution in [-0.4, -0.2) is 34.2 Å². The first-order valence-corrected chi connectivity index (χ1v) is 12.4. The highest BCUT2D eigenvalue weighted by molar-refractivity contribution is 7.92. The van der Waals surface area contributed by atoms with Crippen LogP contribution in [0.25, 0.3) is 0 Å². The van der Waals surface area contributed by atoms with Gasteiger partial charge in [0.2, 0.25) is 15.9 Å². The summed E-state index contributed by atoms with van der Waals surface area (Å²) in [6.45, 7) is 3.00. The molecule has 0 spiro atoms. The molecule has 0 aliphatic rings. The molecule has 0 heterocycles. The number of hydrogen-bond acceptors (Lipinski definition) is 5. The van der Waals surface area contributed by atoms with Crippen LogP contribution in [0.3, 0.4) is 0 Å². The van der Waals surface area contributed by atoms with Gasteiger partial charge >= 0.3 is 0 Å². The number of rotatable bonds is 10. The van der Waals surface area contributed by atoms with Crippen LogP contribution in [0.5, 0.6) is 0 Å². The lowest BCUT2D eigenvalue weighted by molar-refractivity contribution is 0.0998. The molecule has 7 nitrogen and oxygen atoms in total. The lowest BCUT2D eigenvalue weighted by Crippen LogP contribution is -2.30. The minimum atomic E-state index is -3.41. The second kappa shape index (κ2) is 10.5. The first-order chi connectivity index (χ1) is 15.7. The van der Waals surface area contributed by atoms with Crippen molar-refractivity contribution in [2.24, 2.45) is 5.73 Å². The van der Waals surface area contributed by atoms with Crippen molar-refractivity contribution >= 4 is 27.3 Å². The highest BCUT2D eigenvalue weighted by Crippen LogP contribution is 2.31. The van der Waals surface area contributed by atoms with Crippen LogP contribution in [0.4, 0.5) is 11.4 Å². The summed E-state index contributed by atoms with van der Waals surface area (Å²) in [5.74, 6) is -0.480. The zero-order chi connectivity index (χ0) is 24.0. The number of amides is 1. The Hall–Kier alpha value is -3.36. The SMILES string of the molecule is COC(CN(Cc1ccccc1)c1cccc(NS(C)(=O)=O)c1C)c1ccc(C(N)=O)cc1. The number of carbonyl (C=O) groups is 1. The second-order valence-electron chi connectivity index (χ2n) is 7.90. The first-order valence-electron chi connectivity index (χ1n) is 10.5. The summed E-state index contributed by atoms with van der Waals surface area (Å²) in [6.07, 6.45) is 0.846. The van der Waals surface area contributed by atoms with Crippen molar-refractivity contribution in [2.75, 3.05) is 29.5 Å². The summed E-state index contributed by atoms with van der Waals surface area (Å²) in [6, 6.07) is 22.6. The molecule has 0 aliphatic heterocycles. The zero-order valence-corrected chi connectivity index (χ0v) is 19.8. The lowest BCUT2D eigenvalue weighted by Gasteiger charge is -2.31. The molecule has 1 amide bonds. The van der Waals surface area contributed by atoms with Crippen molar-refractivity contribution in [3.8, 4) is 0 Å². The fourth-order valence-electron chi connectivity index (χ4n) is 3.71. The third-order valence-corrected chi connectivity index (χ3v) is 5.99. The molecule has 0 aromatic heterocycles. The normalized spacial score (nSPS) is 12.2. The summed E-state index contributed by atoms with van der Waals surface area (Å²) in [5, 5.41) is 0. The van der Waals surface area contributed by atoms with Crippen LogP contribution in [0, 0.1) is 6.92 Å². The number of sulfonamides is 1. The van der Waals surface area contributed by atoms with Crippen molar-refractivity contribution < 1.29 is 17.9 Å². The van der Waals surface area contributed by atoms with Gasteiger partial charge in [-0.05, 0) is 47.9 Å². The molecule has 1 unspecified atom stereocenters. The minimum absolute atomic E-state index is 0.290. The number of nitrogens with two attached hydrogens (primary N) is 1. The standard InChI is InChI=1S/C25H29N3O4S/c1-18-22(27-33(3,30)31)10-7-11-23(18)28(16-19-8-5-4-6-9-19)17-24(32-2)20-12-14-21(15-13-20)25(26)29/h4-15,24,27H,16-17H2,1-3H3,(H2,26,29). The average Bonchev–Trinajstić information content (AvgIpc) is 2.78. The fraction of sp³-hybridized carbons (Fsp3) is 0.240. The fourth-order valence-corrected chi connectivity index (χ4v) is 4.33. The van der Waals surface area contributed by atoms with Gasteiger partial charge in [-0.2, -0.15) is 0 Å². The molecule has 174 valence electrons. The molecule has 3 aromatic carbocycles. The Balaban J connectivity index is 1.98. The van der Waals surface area contributed by atoms with Gasteiger partial charge in [-0.25, -0.2) is 8.42 Å². The molecule has 3 aromatic rings. The van der Waals surface area contributed by atoms with E-state index in [1.807, 2.05) is 61.5 Å². The number of primary amides is 1. The molecule has 0 bridgehead atoms. The number of hydrogen-bond donors (Lipinski definition) is 2. The summed E-state index contributed by atoms with van der Waals surface area (Å²) in [4.78, 5) is 13.6. The van der Waals surface area contributed by atoms with Gasteiger partial charge in [-0.1, -0.05) is 48.5 Å². The topological polar surface area (TPSA) is 102 Å². The molecule has 1 atom stereocenters. The zero-order valence-electron chi connectivity index (χ0n) is 19.0. The van der Waals surface area contributed by atoms with Crippen molar-refractivity contribution in [3.05, 3.63) is 95.1 Å². The molecule has 0 fully saturated rings. The summed E-state index contributed by atoms with van der Waals surface area (Å²) in [7, 11) is -1.77. The van der Waals surface area contributed by atoms with E-state index in [9.17, 15) is 13.2 Å². The smallest absolute Gasteiger partial charge is 0.248 e. The van der Waals surface area contributed by atoms with Gasteiger partial charge in [0.1, 0.15) is 0 Å². The molecular weight excluding hydrogens is 438 g/mol. The maximum atomic E-state index is 11.8. The number of carbonyl (C=O) groups excluding carboxylic acids is 1. The van der Waals surface area contributed by atoms with Crippen molar-refractivity contribution in [1.82, 2.24) is 0 Å². The van der Waals surface area contributed by atoms with Crippen molar-refractivity contribution in [1.29, 1.82) is 0 Å². The summed E-state index contributed by atoms with van der Waals surface area (Å²) >= 11 is 0. The number of nitrogens with zero attached hydrogens (tertiary/aromatic N) is 1. The third-order valence-electron chi connectivity index (χ3n) is 5.40. The number of anilines is 2. The largest absolute Gasteiger partial charge is 0.375 e. The van der Waals surface area contributed by atoms with Gasteiger partial charge < -0.3 is 15.4 Å². The van der Waals surface area contributed by atoms with E-state index in [-0.39, 0.29) is 6.10 Å². The minimum Gasteiger partial charge on any atom is -0.375 e. The van der Waals surface area contributed by atoms with E-state index >= 15 is 0 Å². The Morgan fingerprint density at radius 3 is 2.27 bits per heavy atom. The Kier molecular flexibility index (Phi) is 7.73. The van der Waals surface area contributed by atoms with E-state index < -0.39 is 15.9 Å². The summed E-state index contributed by atoms with van der Waals surface area (Å²) < 4.78 is 32.1. The summed E-state index contributed by atoms with van der Waals surface area (Å²) in [5.41, 5.74) is 10.1. The molecule has 33 heavy (non-hydrogen) atoms. The third kappa shape index (κ3) is 6.57. The number of nitrogens with one attached hydrogen (secondary N) is 1. The Morgan fingerprint density at radius 1 is 1.03 bits per heavy atom. The van der Waals surface area contributed by atoms with E-state index in [1.54, 1.807) is 25.3 Å². The molecule has 3 rings (SSSR count). The lowest BCUT2D eigenvalue weighted by atomic mass is 10.0. The predicted molar refractivity (Wildman–Crippen MR) is 132 cm³/mol. The van der Waals surface area contributed by atoms with E-state index in [0.29, 0.717) is 24.3 Å². The highest BCUT2D eigenvalue weighted by atomic mass is 32.2. The first kappa shape index (κ1) is 24.3. The van der Waals surface area contributed by atoms with Crippen molar-refractivity contribution in [2.45, 2.75) is 19.6 Å². The van der Waals surface area contributed by atoms with Gasteiger partial charge in [-0.3, -0.25) is 9.52 Å². The van der Waals surface area contributed by atoms with Crippen molar-refractivity contribution in [3.63, 3.8) is 0 Å². The highest BCUT2D eigenvalue weighted by Gasteiger charge is 2.20. The molecule has 3 N–H and O–H groups in total. The molecule has 0 saturated heterocycles. The number of benzene rings is 3. The van der Waals surface area contributed by atoms with E-state index in [0.717, 1.165) is 28.6 Å². The molecular formula is C25H29N3O4S. The van der Waals surface area contributed by atoms with Gasteiger partial charge in [0, 0.05) is 31.5 Å². The number of ether oxygens (including phenoxy) is 1. The van der Waals surface area contributed by atoms with Gasteiger partial charge in [0.15, 0.2) is 0 Å². The van der Waals surface area contributed by atoms with Crippen LogP contribution in [0.2, 0.25) is 0 Å². The maximum absolute atomic E-state index is 11.8. The Morgan fingerprint density at radius 2 is 1.70 bits per heavy atom. The van der Waals surface area contributed by atoms with Crippen LogP contribution >= 0.6 is 0 Å². The maximum Gasteiger partial charge on any atom is 0.248 e. The van der Waals surface area contributed by atoms with E-state index in [1.165, 1.54) is 0 Å². The van der Waals surface area contributed by atoms with Gasteiger partial charge in [0.05, 0.1) is 18.0 Å². The number of methoxy groups -OCH3 is 1.